The van der Waals surface area contributed by atoms with E-state index in [1.54, 1.807) is 12.3 Å². The van der Waals surface area contributed by atoms with Crippen LogP contribution in [0.25, 0.3) is 0 Å². The van der Waals surface area contributed by atoms with Crippen molar-refractivity contribution in [3.63, 3.8) is 0 Å². The van der Waals surface area contributed by atoms with Gasteiger partial charge in [-0.1, -0.05) is 23.7 Å². The third kappa shape index (κ3) is 4.54. The maximum Gasteiger partial charge on any atom is 0.129 e. The molecule has 2 nitrogen and oxygen atoms in total. The van der Waals surface area contributed by atoms with Gasteiger partial charge in [-0.15, -0.1) is 0 Å². The molecular weight excluding hydrogens is 282 g/mol. The van der Waals surface area contributed by atoms with Gasteiger partial charge in [0.15, 0.2) is 0 Å². The van der Waals surface area contributed by atoms with Gasteiger partial charge in [0.1, 0.15) is 16.8 Å². The van der Waals surface area contributed by atoms with E-state index in [2.05, 4.69) is 10.3 Å². The van der Waals surface area contributed by atoms with E-state index in [1.807, 2.05) is 6.07 Å². The van der Waals surface area contributed by atoms with E-state index in [1.165, 1.54) is 12.1 Å². The molecule has 0 aliphatic heterocycles. The number of aromatic nitrogens is 1. The number of rotatable bonds is 6. The number of pyridine rings is 1. The van der Waals surface area contributed by atoms with E-state index >= 15 is 0 Å². The van der Waals surface area contributed by atoms with Gasteiger partial charge < -0.3 is 5.32 Å². The van der Waals surface area contributed by atoms with Gasteiger partial charge in [0.25, 0.3) is 0 Å². The summed E-state index contributed by atoms with van der Waals surface area (Å²) in [4.78, 5) is 4.00. The topological polar surface area (TPSA) is 24.9 Å². The number of halogens is 3. The van der Waals surface area contributed by atoms with Crippen molar-refractivity contribution >= 4 is 11.6 Å². The third-order valence-electron chi connectivity index (χ3n) is 2.97. The quantitative estimate of drug-likeness (QED) is 0.653. The predicted octanol–water partition coefficient (Wildman–Crippen LogP) is 3.39. The lowest BCUT2D eigenvalue weighted by molar-refractivity contribution is 0.566. The van der Waals surface area contributed by atoms with Gasteiger partial charge in [0, 0.05) is 12.3 Å². The first-order chi connectivity index (χ1) is 9.65. The summed E-state index contributed by atoms with van der Waals surface area (Å²) in [7, 11) is 0. The highest BCUT2D eigenvalue weighted by atomic mass is 35.5. The zero-order chi connectivity index (χ0) is 14.4. The highest BCUT2D eigenvalue weighted by Gasteiger charge is 2.03. The second-order valence-electron chi connectivity index (χ2n) is 4.47. The van der Waals surface area contributed by atoms with Crippen molar-refractivity contribution in [1.29, 1.82) is 0 Å². The van der Waals surface area contributed by atoms with Gasteiger partial charge in [-0.05, 0) is 49.2 Å². The average Bonchev–Trinajstić information content (AvgIpc) is 2.42. The van der Waals surface area contributed by atoms with E-state index < -0.39 is 11.6 Å². The molecule has 0 aliphatic carbocycles. The van der Waals surface area contributed by atoms with Crippen LogP contribution in [-0.2, 0) is 12.8 Å². The monoisotopic (exact) mass is 296 g/mol. The Morgan fingerprint density at radius 3 is 2.55 bits per heavy atom. The number of nitrogens with zero attached hydrogens (tertiary/aromatic N) is 1. The van der Waals surface area contributed by atoms with Crippen LogP contribution in [0.15, 0.2) is 36.5 Å². The summed E-state index contributed by atoms with van der Waals surface area (Å²) < 4.78 is 26.1. The van der Waals surface area contributed by atoms with Crippen LogP contribution in [0.2, 0.25) is 5.15 Å². The lowest BCUT2D eigenvalue weighted by atomic mass is 10.1. The molecular formula is C15H15ClF2N2. The molecule has 0 unspecified atom stereocenters. The molecule has 1 N–H and O–H groups in total. The van der Waals surface area contributed by atoms with Gasteiger partial charge in [-0.3, -0.25) is 0 Å². The molecule has 106 valence electrons. The van der Waals surface area contributed by atoms with Crippen LogP contribution >= 0.6 is 11.6 Å². The molecule has 0 aliphatic rings. The minimum atomic E-state index is -0.547. The first kappa shape index (κ1) is 14.9. The number of benzene rings is 1. The van der Waals surface area contributed by atoms with Gasteiger partial charge >= 0.3 is 0 Å². The summed E-state index contributed by atoms with van der Waals surface area (Å²) in [6, 6.07) is 7.35. The molecule has 0 saturated heterocycles. The summed E-state index contributed by atoms with van der Waals surface area (Å²) in [5.74, 6) is -1.04. The highest BCUT2D eigenvalue weighted by Crippen LogP contribution is 2.09. The lowest BCUT2D eigenvalue weighted by Crippen LogP contribution is -2.20. The third-order valence-corrected chi connectivity index (χ3v) is 3.19. The fourth-order valence-electron chi connectivity index (χ4n) is 1.86. The number of hydrogen-bond donors (Lipinski definition) is 1. The normalized spacial score (nSPS) is 10.8. The second kappa shape index (κ2) is 7.31. The number of hydrogen-bond acceptors (Lipinski definition) is 2. The Kier molecular flexibility index (Phi) is 5.44. The van der Waals surface area contributed by atoms with Crippen LogP contribution < -0.4 is 5.32 Å². The van der Waals surface area contributed by atoms with Crippen LogP contribution in [-0.4, -0.2) is 18.1 Å². The molecule has 20 heavy (non-hydrogen) atoms. The molecule has 1 aromatic heterocycles. The Bertz CT molecular complexity index is 558. The van der Waals surface area contributed by atoms with E-state index in [4.69, 9.17) is 11.6 Å². The Morgan fingerprint density at radius 2 is 1.85 bits per heavy atom. The van der Waals surface area contributed by atoms with Gasteiger partial charge in [0.2, 0.25) is 0 Å². The van der Waals surface area contributed by atoms with E-state index in [-0.39, 0.29) is 0 Å². The van der Waals surface area contributed by atoms with Crippen molar-refractivity contribution in [2.75, 3.05) is 13.1 Å². The van der Waals surface area contributed by atoms with Gasteiger partial charge in [-0.25, -0.2) is 13.8 Å². The van der Waals surface area contributed by atoms with Gasteiger partial charge in [-0.2, -0.15) is 0 Å². The molecule has 0 amide bonds. The molecule has 1 heterocycles. The van der Waals surface area contributed by atoms with Crippen LogP contribution in [0.5, 0.6) is 0 Å². The zero-order valence-electron chi connectivity index (χ0n) is 10.9. The minimum Gasteiger partial charge on any atom is -0.316 e. The summed E-state index contributed by atoms with van der Waals surface area (Å²) >= 11 is 5.70. The van der Waals surface area contributed by atoms with Crippen molar-refractivity contribution in [2.24, 2.45) is 0 Å². The van der Waals surface area contributed by atoms with Gasteiger partial charge in [0.05, 0.1) is 0 Å². The Labute approximate surface area is 121 Å². The first-order valence-corrected chi connectivity index (χ1v) is 6.78. The van der Waals surface area contributed by atoms with Crippen LogP contribution in [0.4, 0.5) is 8.78 Å². The molecule has 2 aromatic rings. The SMILES string of the molecule is Fc1ccc(CCNCCc2ccc(Cl)nc2)c(F)c1. The van der Waals surface area contributed by atoms with Crippen molar-refractivity contribution in [1.82, 2.24) is 10.3 Å². The van der Waals surface area contributed by atoms with Crippen molar-refractivity contribution in [3.8, 4) is 0 Å². The van der Waals surface area contributed by atoms with Crippen LogP contribution in [0, 0.1) is 11.6 Å². The Balaban J connectivity index is 1.70. The zero-order valence-corrected chi connectivity index (χ0v) is 11.6. The fraction of sp³-hybridized carbons (Fsp3) is 0.267. The second-order valence-corrected chi connectivity index (χ2v) is 4.86. The predicted molar refractivity (Wildman–Crippen MR) is 75.9 cm³/mol. The van der Waals surface area contributed by atoms with Crippen molar-refractivity contribution in [3.05, 3.63) is 64.4 Å². The summed E-state index contributed by atoms with van der Waals surface area (Å²) in [6.45, 7) is 1.41. The van der Waals surface area contributed by atoms with Crippen molar-refractivity contribution in [2.45, 2.75) is 12.8 Å². The van der Waals surface area contributed by atoms with E-state index in [0.717, 1.165) is 24.6 Å². The molecule has 0 bridgehead atoms. The maximum atomic E-state index is 13.4. The Morgan fingerprint density at radius 1 is 1.05 bits per heavy atom. The van der Waals surface area contributed by atoms with E-state index in [9.17, 15) is 8.78 Å². The Hall–Kier alpha value is -1.52. The first-order valence-electron chi connectivity index (χ1n) is 6.40. The van der Waals surface area contributed by atoms with E-state index in [0.29, 0.717) is 23.7 Å². The largest absolute Gasteiger partial charge is 0.316 e. The molecule has 0 fully saturated rings. The van der Waals surface area contributed by atoms with Crippen LogP contribution in [0.3, 0.4) is 0 Å². The minimum absolute atomic E-state index is 0.480. The molecule has 0 saturated carbocycles. The highest BCUT2D eigenvalue weighted by molar-refractivity contribution is 6.29. The van der Waals surface area contributed by atoms with Crippen molar-refractivity contribution < 1.29 is 8.78 Å². The molecule has 0 atom stereocenters. The number of nitrogens with one attached hydrogen (secondary N) is 1. The van der Waals surface area contributed by atoms with Crippen LogP contribution in [0.1, 0.15) is 11.1 Å². The smallest absolute Gasteiger partial charge is 0.129 e. The average molecular weight is 297 g/mol. The summed E-state index contributed by atoms with van der Waals surface area (Å²) in [6.07, 6.45) is 3.10. The summed E-state index contributed by atoms with van der Waals surface area (Å²) in [5, 5.41) is 3.70. The molecule has 0 radical (unpaired) electrons. The molecule has 2 rings (SSSR count). The summed E-state index contributed by atoms with van der Waals surface area (Å²) in [5.41, 5.74) is 1.61. The standard InChI is InChI=1S/C15H15ClF2N2/c16-15-4-1-11(10-20-15)5-7-19-8-6-12-2-3-13(17)9-14(12)18/h1-4,9-10,19H,5-8H2. The molecule has 0 spiro atoms. The molecule has 5 heteroatoms. The molecule has 1 aromatic carbocycles. The fourth-order valence-corrected chi connectivity index (χ4v) is 1.97. The maximum absolute atomic E-state index is 13.4. The lowest BCUT2D eigenvalue weighted by Gasteiger charge is -2.06.